The average molecular weight is 402 g/mol. The van der Waals surface area contributed by atoms with E-state index in [0.717, 1.165) is 11.1 Å². The predicted octanol–water partition coefficient (Wildman–Crippen LogP) is 4.41. The van der Waals surface area contributed by atoms with Gasteiger partial charge in [0, 0.05) is 19.7 Å². The van der Waals surface area contributed by atoms with Crippen LogP contribution in [0.15, 0.2) is 60.8 Å². The molecule has 1 aliphatic heterocycles. The average Bonchev–Trinajstić information content (AvgIpc) is 2.68. The summed E-state index contributed by atoms with van der Waals surface area (Å²) < 4.78 is 40.4. The second kappa shape index (κ2) is 8.51. The molecule has 0 aliphatic carbocycles. The fourth-order valence-corrected chi connectivity index (χ4v) is 3.48. The van der Waals surface area contributed by atoms with Crippen LogP contribution in [0.1, 0.15) is 42.0 Å². The summed E-state index contributed by atoms with van der Waals surface area (Å²) >= 11 is 0. The summed E-state index contributed by atoms with van der Waals surface area (Å²) in [4.78, 5) is 25.9. The number of carbonyl (C=O) groups is 2. The molecule has 3 rings (SSSR count). The van der Waals surface area contributed by atoms with E-state index >= 15 is 0 Å². The van der Waals surface area contributed by atoms with E-state index in [1.165, 1.54) is 36.1 Å². The van der Waals surface area contributed by atoms with Crippen LogP contribution in [0.5, 0.6) is 0 Å². The topological polar surface area (TPSA) is 49.4 Å². The molecule has 152 valence electrons. The number of alkyl halides is 3. The molecule has 0 unspecified atom stereocenters. The highest BCUT2D eigenvalue weighted by Gasteiger charge is 2.41. The van der Waals surface area contributed by atoms with Crippen molar-refractivity contribution in [3.8, 4) is 0 Å². The Morgan fingerprint density at radius 2 is 1.72 bits per heavy atom. The number of halogens is 3. The first-order chi connectivity index (χ1) is 13.8. The summed E-state index contributed by atoms with van der Waals surface area (Å²) in [6.07, 6.45) is -1.23. The van der Waals surface area contributed by atoms with E-state index in [9.17, 15) is 22.8 Å². The molecule has 1 N–H and O–H groups in total. The lowest BCUT2D eigenvalue weighted by molar-refractivity contribution is -0.150. The Morgan fingerprint density at radius 3 is 2.38 bits per heavy atom. The Balaban J connectivity index is 1.73. The molecule has 0 fully saturated rings. The number of fused-ring (bicyclic) bond motifs is 1. The lowest BCUT2D eigenvalue weighted by Crippen LogP contribution is -2.38. The van der Waals surface area contributed by atoms with Crippen molar-refractivity contribution in [2.45, 2.75) is 31.5 Å². The number of carbonyl (C=O) groups excluding carboxylic acids is 2. The van der Waals surface area contributed by atoms with Crippen molar-refractivity contribution in [1.29, 1.82) is 0 Å². The Bertz CT molecular complexity index is 910. The van der Waals surface area contributed by atoms with Gasteiger partial charge in [0.1, 0.15) is 0 Å². The third-order valence-electron chi connectivity index (χ3n) is 4.95. The monoisotopic (exact) mass is 402 g/mol. The summed E-state index contributed by atoms with van der Waals surface area (Å²) in [6.45, 7) is 0.828. The van der Waals surface area contributed by atoms with Gasteiger partial charge in [-0.3, -0.25) is 9.59 Å². The van der Waals surface area contributed by atoms with Crippen molar-refractivity contribution in [3.05, 3.63) is 77.5 Å². The molecule has 1 heterocycles. The molecule has 0 aromatic heterocycles. The highest BCUT2D eigenvalue weighted by Crippen LogP contribution is 2.35. The van der Waals surface area contributed by atoms with Crippen LogP contribution in [0, 0.1) is 0 Å². The maximum Gasteiger partial charge on any atom is 0.397 e. The summed E-state index contributed by atoms with van der Waals surface area (Å²) in [6, 6.07) is 14.3. The molecule has 0 saturated carbocycles. The largest absolute Gasteiger partial charge is 0.397 e. The Hall–Kier alpha value is -3.09. The standard InChI is InChI=1S/C22H21F3N2O2/c1-15(28)27-12-11-16-7-5-6-10-18(16)20(27)13-21(29)26-14-19(22(23,24)25)17-8-3-2-4-9-17/h2-12,19-20H,13-14H2,1H3,(H,26,29)/t19-,20-/m1/s1. The SMILES string of the molecule is CC(=O)N1C=Cc2ccccc2[C@H]1CC(=O)NC[C@H](c1ccccc1)C(F)(F)F. The molecule has 7 heteroatoms. The number of rotatable bonds is 5. The van der Waals surface area contributed by atoms with Gasteiger partial charge in [-0.2, -0.15) is 13.2 Å². The van der Waals surface area contributed by atoms with Crippen molar-refractivity contribution >= 4 is 17.9 Å². The zero-order chi connectivity index (χ0) is 21.0. The lowest BCUT2D eigenvalue weighted by atomic mass is 9.93. The maximum atomic E-state index is 13.5. The van der Waals surface area contributed by atoms with Crippen LogP contribution in [0.3, 0.4) is 0 Å². The fraction of sp³-hybridized carbons (Fsp3) is 0.273. The third kappa shape index (κ3) is 4.85. The van der Waals surface area contributed by atoms with Crippen molar-refractivity contribution in [3.63, 3.8) is 0 Å². The predicted molar refractivity (Wildman–Crippen MR) is 104 cm³/mol. The minimum atomic E-state index is -4.49. The number of benzene rings is 2. The second-order valence-electron chi connectivity index (χ2n) is 6.90. The normalized spacial score (nSPS) is 16.8. The maximum absolute atomic E-state index is 13.5. The molecule has 29 heavy (non-hydrogen) atoms. The molecule has 4 nitrogen and oxygen atoms in total. The number of hydrogen-bond acceptors (Lipinski definition) is 2. The van der Waals surface area contributed by atoms with Crippen LogP contribution >= 0.6 is 0 Å². The Morgan fingerprint density at radius 1 is 1.07 bits per heavy atom. The van der Waals surface area contributed by atoms with E-state index in [-0.39, 0.29) is 17.9 Å². The fourth-order valence-electron chi connectivity index (χ4n) is 3.48. The highest BCUT2D eigenvalue weighted by molar-refractivity contribution is 5.81. The van der Waals surface area contributed by atoms with Crippen LogP contribution in [-0.2, 0) is 9.59 Å². The van der Waals surface area contributed by atoms with Gasteiger partial charge < -0.3 is 10.2 Å². The third-order valence-corrected chi connectivity index (χ3v) is 4.95. The molecule has 0 saturated heterocycles. The minimum Gasteiger partial charge on any atom is -0.355 e. The van der Waals surface area contributed by atoms with Gasteiger partial charge in [-0.15, -0.1) is 0 Å². The van der Waals surface area contributed by atoms with Crippen LogP contribution in [0.25, 0.3) is 6.08 Å². The lowest BCUT2D eigenvalue weighted by Gasteiger charge is -2.32. The molecule has 2 aromatic carbocycles. The zero-order valence-electron chi connectivity index (χ0n) is 15.8. The van der Waals surface area contributed by atoms with E-state index in [2.05, 4.69) is 5.32 Å². The number of nitrogens with one attached hydrogen (secondary N) is 1. The van der Waals surface area contributed by atoms with E-state index < -0.39 is 30.6 Å². The summed E-state index contributed by atoms with van der Waals surface area (Å²) in [7, 11) is 0. The minimum absolute atomic E-state index is 0.0941. The van der Waals surface area contributed by atoms with Gasteiger partial charge in [-0.25, -0.2) is 0 Å². The molecule has 0 spiro atoms. The van der Waals surface area contributed by atoms with E-state index in [1.807, 2.05) is 18.2 Å². The number of hydrogen-bond donors (Lipinski definition) is 1. The van der Waals surface area contributed by atoms with Crippen molar-refractivity contribution in [2.24, 2.45) is 0 Å². The van der Waals surface area contributed by atoms with Crippen LogP contribution in [0.4, 0.5) is 13.2 Å². The van der Waals surface area contributed by atoms with E-state index in [4.69, 9.17) is 0 Å². The molecular weight excluding hydrogens is 381 g/mol. The van der Waals surface area contributed by atoms with Crippen LogP contribution in [0.2, 0.25) is 0 Å². The Kier molecular flexibility index (Phi) is 6.06. The summed E-state index contributed by atoms with van der Waals surface area (Å²) in [5.74, 6) is -2.59. The van der Waals surface area contributed by atoms with Crippen molar-refractivity contribution in [1.82, 2.24) is 10.2 Å². The molecule has 1 aliphatic rings. The number of nitrogens with zero attached hydrogens (tertiary/aromatic N) is 1. The Labute approximate surface area is 167 Å². The molecule has 0 bridgehead atoms. The summed E-state index contributed by atoms with van der Waals surface area (Å²) in [5.41, 5.74) is 1.76. The molecule has 2 aromatic rings. The van der Waals surface area contributed by atoms with Gasteiger partial charge in [0.05, 0.1) is 18.4 Å². The first kappa shape index (κ1) is 20.6. The van der Waals surface area contributed by atoms with Crippen molar-refractivity contribution in [2.75, 3.05) is 6.54 Å². The first-order valence-electron chi connectivity index (χ1n) is 9.21. The first-order valence-corrected chi connectivity index (χ1v) is 9.21. The van der Waals surface area contributed by atoms with Gasteiger partial charge in [-0.1, -0.05) is 54.6 Å². The molecule has 2 atom stereocenters. The second-order valence-corrected chi connectivity index (χ2v) is 6.90. The van der Waals surface area contributed by atoms with Crippen LogP contribution in [-0.4, -0.2) is 29.4 Å². The summed E-state index contributed by atoms with van der Waals surface area (Å²) in [5, 5.41) is 2.40. The zero-order valence-corrected chi connectivity index (χ0v) is 15.8. The van der Waals surface area contributed by atoms with E-state index in [1.54, 1.807) is 24.4 Å². The van der Waals surface area contributed by atoms with Crippen LogP contribution < -0.4 is 5.32 Å². The van der Waals surface area contributed by atoms with Gasteiger partial charge in [0.25, 0.3) is 0 Å². The molecule has 2 amide bonds. The smallest absolute Gasteiger partial charge is 0.355 e. The van der Waals surface area contributed by atoms with E-state index in [0.29, 0.717) is 0 Å². The molecular formula is C22H21F3N2O2. The van der Waals surface area contributed by atoms with Gasteiger partial charge in [0.15, 0.2) is 0 Å². The van der Waals surface area contributed by atoms with Gasteiger partial charge in [0.2, 0.25) is 11.8 Å². The number of amides is 2. The van der Waals surface area contributed by atoms with Gasteiger partial charge >= 0.3 is 6.18 Å². The van der Waals surface area contributed by atoms with Gasteiger partial charge in [-0.05, 0) is 22.8 Å². The van der Waals surface area contributed by atoms with Crippen molar-refractivity contribution < 1.29 is 22.8 Å². The quantitative estimate of drug-likeness (QED) is 0.805. The molecule has 0 radical (unpaired) electrons. The highest BCUT2D eigenvalue weighted by atomic mass is 19.4.